The number of hydrogen-bond donors (Lipinski definition) is 1. The second kappa shape index (κ2) is 3.68. The maximum Gasteiger partial charge on any atom is 0.189 e. The predicted octanol–water partition coefficient (Wildman–Crippen LogP) is 2.30. The Balaban J connectivity index is 3.22. The van der Waals surface area contributed by atoms with Crippen molar-refractivity contribution < 1.29 is 9.90 Å². The summed E-state index contributed by atoms with van der Waals surface area (Å²) in [6.45, 7) is 3.34. The van der Waals surface area contributed by atoms with Crippen molar-refractivity contribution in [1.82, 2.24) is 0 Å². The van der Waals surface area contributed by atoms with Gasteiger partial charge in [0, 0.05) is 10.4 Å². The standard InChI is InChI=1S/C8H9BrO2S/c1-4-7(6(11)3-10)5(2)12-8(4)9/h10H,3H2,1-2H3. The number of thiophene rings is 1. The summed E-state index contributed by atoms with van der Waals surface area (Å²) in [5.41, 5.74) is 1.59. The molecule has 1 aromatic heterocycles. The molecule has 0 aliphatic heterocycles. The Morgan fingerprint density at radius 2 is 2.17 bits per heavy atom. The van der Waals surface area contributed by atoms with Crippen LogP contribution in [0, 0.1) is 13.8 Å². The monoisotopic (exact) mass is 248 g/mol. The van der Waals surface area contributed by atoms with Gasteiger partial charge >= 0.3 is 0 Å². The van der Waals surface area contributed by atoms with Crippen LogP contribution in [-0.4, -0.2) is 17.5 Å². The van der Waals surface area contributed by atoms with Crippen molar-refractivity contribution in [2.45, 2.75) is 13.8 Å². The number of rotatable bonds is 2. The number of hydrogen-bond acceptors (Lipinski definition) is 3. The number of carbonyl (C=O) groups excluding carboxylic acids is 1. The molecule has 0 aliphatic rings. The fraction of sp³-hybridized carbons (Fsp3) is 0.375. The molecule has 1 N–H and O–H groups in total. The Morgan fingerprint density at radius 1 is 1.58 bits per heavy atom. The maximum atomic E-state index is 11.2. The molecule has 0 radical (unpaired) electrons. The summed E-state index contributed by atoms with van der Waals surface area (Å²) in [4.78, 5) is 12.2. The highest BCUT2D eigenvalue weighted by Crippen LogP contribution is 2.31. The first kappa shape index (κ1) is 9.89. The van der Waals surface area contributed by atoms with Crippen LogP contribution >= 0.6 is 27.3 Å². The lowest BCUT2D eigenvalue weighted by molar-refractivity contribution is 0.0903. The molecule has 1 rings (SSSR count). The average molecular weight is 249 g/mol. The van der Waals surface area contributed by atoms with Crippen molar-refractivity contribution >= 4 is 33.0 Å². The van der Waals surface area contributed by atoms with Crippen LogP contribution in [0.5, 0.6) is 0 Å². The largest absolute Gasteiger partial charge is 0.388 e. The van der Waals surface area contributed by atoms with E-state index in [0.717, 1.165) is 14.2 Å². The van der Waals surface area contributed by atoms with E-state index in [-0.39, 0.29) is 5.78 Å². The first-order chi connectivity index (χ1) is 5.57. The molecule has 4 heteroatoms. The summed E-state index contributed by atoms with van der Waals surface area (Å²) in [6.07, 6.45) is 0. The van der Waals surface area contributed by atoms with Crippen LogP contribution in [0.3, 0.4) is 0 Å². The molecule has 0 bridgehead atoms. The number of aliphatic hydroxyl groups excluding tert-OH is 1. The van der Waals surface area contributed by atoms with E-state index in [1.807, 2.05) is 13.8 Å². The highest BCUT2D eigenvalue weighted by atomic mass is 79.9. The SMILES string of the molecule is Cc1sc(Br)c(C)c1C(=O)CO. The topological polar surface area (TPSA) is 37.3 Å². The number of ketones is 1. The van der Waals surface area contributed by atoms with Gasteiger partial charge in [0.25, 0.3) is 0 Å². The smallest absolute Gasteiger partial charge is 0.189 e. The van der Waals surface area contributed by atoms with Crippen molar-refractivity contribution in [3.63, 3.8) is 0 Å². The molecular weight excluding hydrogens is 240 g/mol. The van der Waals surface area contributed by atoms with E-state index in [4.69, 9.17) is 5.11 Å². The van der Waals surface area contributed by atoms with E-state index in [1.165, 1.54) is 11.3 Å². The van der Waals surface area contributed by atoms with Crippen LogP contribution in [0.15, 0.2) is 3.79 Å². The lowest BCUT2D eigenvalue weighted by atomic mass is 10.1. The number of Topliss-reactive ketones (excluding diaryl/α,β-unsaturated/α-hetero) is 1. The Morgan fingerprint density at radius 3 is 2.50 bits per heavy atom. The first-order valence-corrected chi connectivity index (χ1v) is 5.08. The summed E-state index contributed by atoms with van der Waals surface area (Å²) < 4.78 is 0.969. The second-order valence-corrected chi connectivity index (χ2v) is 5.06. The number of aliphatic hydroxyl groups is 1. The van der Waals surface area contributed by atoms with Crippen LogP contribution in [0.2, 0.25) is 0 Å². The van der Waals surface area contributed by atoms with Gasteiger partial charge in [0.05, 0.1) is 3.79 Å². The summed E-state index contributed by atoms with van der Waals surface area (Å²) in [6, 6.07) is 0. The Labute approximate surface area is 83.4 Å². The van der Waals surface area contributed by atoms with Gasteiger partial charge in [-0.1, -0.05) is 0 Å². The van der Waals surface area contributed by atoms with Crippen molar-refractivity contribution in [2.24, 2.45) is 0 Å². The fourth-order valence-electron chi connectivity index (χ4n) is 1.11. The van der Waals surface area contributed by atoms with Crippen LogP contribution in [-0.2, 0) is 0 Å². The van der Waals surface area contributed by atoms with Crippen molar-refractivity contribution in [1.29, 1.82) is 0 Å². The quantitative estimate of drug-likeness (QED) is 0.816. The summed E-state index contributed by atoms with van der Waals surface area (Å²) in [5, 5.41) is 8.69. The zero-order valence-electron chi connectivity index (χ0n) is 6.85. The molecule has 0 atom stereocenters. The van der Waals surface area contributed by atoms with E-state index >= 15 is 0 Å². The normalized spacial score (nSPS) is 10.3. The molecule has 12 heavy (non-hydrogen) atoms. The molecule has 0 saturated carbocycles. The Bertz CT molecular complexity index is 317. The zero-order valence-corrected chi connectivity index (χ0v) is 9.25. The first-order valence-electron chi connectivity index (χ1n) is 3.47. The molecule has 0 fully saturated rings. The van der Waals surface area contributed by atoms with E-state index in [2.05, 4.69) is 15.9 Å². The maximum absolute atomic E-state index is 11.2. The van der Waals surface area contributed by atoms with Gasteiger partial charge in [0.15, 0.2) is 5.78 Å². The minimum absolute atomic E-state index is 0.202. The summed E-state index contributed by atoms with van der Waals surface area (Å²) in [7, 11) is 0. The third-order valence-electron chi connectivity index (χ3n) is 1.69. The minimum Gasteiger partial charge on any atom is -0.388 e. The number of halogens is 1. The lowest BCUT2D eigenvalue weighted by Crippen LogP contribution is -2.05. The zero-order chi connectivity index (χ0) is 9.30. The lowest BCUT2D eigenvalue weighted by Gasteiger charge is -1.96. The second-order valence-electron chi connectivity index (χ2n) is 2.51. The molecule has 0 unspecified atom stereocenters. The van der Waals surface area contributed by atoms with Gasteiger partial charge in [0.2, 0.25) is 0 Å². The number of carbonyl (C=O) groups is 1. The summed E-state index contributed by atoms with van der Waals surface area (Å²) in [5.74, 6) is -0.202. The molecule has 0 aromatic carbocycles. The van der Waals surface area contributed by atoms with Gasteiger partial charge in [-0.2, -0.15) is 0 Å². The van der Waals surface area contributed by atoms with Crippen molar-refractivity contribution in [2.75, 3.05) is 6.61 Å². The predicted molar refractivity (Wildman–Crippen MR) is 52.9 cm³/mol. The molecule has 0 spiro atoms. The van der Waals surface area contributed by atoms with Gasteiger partial charge < -0.3 is 5.11 Å². The molecule has 66 valence electrons. The van der Waals surface area contributed by atoms with E-state index < -0.39 is 6.61 Å². The fourth-order valence-corrected chi connectivity index (χ4v) is 2.93. The van der Waals surface area contributed by atoms with Crippen molar-refractivity contribution in [3.05, 3.63) is 19.8 Å². The number of aryl methyl sites for hydroxylation is 1. The Hall–Kier alpha value is -0.190. The highest BCUT2D eigenvalue weighted by Gasteiger charge is 2.15. The third-order valence-corrected chi connectivity index (χ3v) is 3.76. The van der Waals surface area contributed by atoms with E-state index in [9.17, 15) is 4.79 Å². The Kier molecular flexibility index (Phi) is 3.04. The van der Waals surface area contributed by atoms with Crippen LogP contribution in [0.25, 0.3) is 0 Å². The van der Waals surface area contributed by atoms with Crippen molar-refractivity contribution in [3.8, 4) is 0 Å². The van der Waals surface area contributed by atoms with Gasteiger partial charge in [0.1, 0.15) is 6.61 Å². The molecule has 1 aromatic rings. The molecule has 0 amide bonds. The highest BCUT2D eigenvalue weighted by molar-refractivity contribution is 9.11. The molecule has 2 nitrogen and oxygen atoms in total. The summed E-state index contributed by atoms with van der Waals surface area (Å²) >= 11 is 4.87. The molecule has 1 heterocycles. The molecule has 0 saturated heterocycles. The van der Waals surface area contributed by atoms with Gasteiger partial charge in [-0.15, -0.1) is 11.3 Å². The van der Waals surface area contributed by atoms with Gasteiger partial charge in [-0.3, -0.25) is 4.79 Å². The molecule has 0 aliphatic carbocycles. The van der Waals surface area contributed by atoms with Gasteiger partial charge in [-0.05, 0) is 35.3 Å². The van der Waals surface area contributed by atoms with Gasteiger partial charge in [-0.25, -0.2) is 0 Å². The molecular formula is C8H9BrO2S. The van der Waals surface area contributed by atoms with E-state index in [1.54, 1.807) is 0 Å². The third kappa shape index (κ3) is 1.60. The van der Waals surface area contributed by atoms with Crippen LogP contribution in [0.4, 0.5) is 0 Å². The minimum atomic E-state index is -0.412. The average Bonchev–Trinajstić information content (AvgIpc) is 2.26. The van der Waals surface area contributed by atoms with E-state index in [0.29, 0.717) is 5.56 Å². The van der Waals surface area contributed by atoms with Crippen LogP contribution in [0.1, 0.15) is 20.8 Å². The van der Waals surface area contributed by atoms with Crippen LogP contribution < -0.4 is 0 Å².